The Kier molecular flexibility index (Phi) is 4.39. The van der Waals surface area contributed by atoms with Gasteiger partial charge in [0.1, 0.15) is 5.82 Å². The summed E-state index contributed by atoms with van der Waals surface area (Å²) in [6.07, 6.45) is 2.78. The molecule has 0 radical (unpaired) electrons. The van der Waals surface area contributed by atoms with Crippen LogP contribution in [0, 0.1) is 3.57 Å². The average Bonchev–Trinajstić information content (AvgIpc) is 2.42. The van der Waals surface area contributed by atoms with E-state index in [1.807, 2.05) is 28.7 Å². The van der Waals surface area contributed by atoms with Crippen molar-refractivity contribution in [1.29, 1.82) is 0 Å². The molecule has 20 heavy (non-hydrogen) atoms. The van der Waals surface area contributed by atoms with Gasteiger partial charge in [-0.15, -0.1) is 0 Å². The van der Waals surface area contributed by atoms with E-state index in [1.165, 1.54) is 12.5 Å². The van der Waals surface area contributed by atoms with Crippen LogP contribution in [0.1, 0.15) is 10.4 Å². The third-order valence-corrected chi connectivity index (χ3v) is 5.08. The Morgan fingerprint density at radius 2 is 2.00 bits per heavy atom. The van der Waals surface area contributed by atoms with Crippen molar-refractivity contribution in [2.75, 3.05) is 12.0 Å². The lowest BCUT2D eigenvalue weighted by molar-refractivity contribution is 0.100. The van der Waals surface area contributed by atoms with Crippen molar-refractivity contribution >= 4 is 44.0 Å². The number of carbonyl (C=O) groups excluding carboxylic acids is 1. The molecule has 2 aromatic rings. The van der Waals surface area contributed by atoms with Crippen LogP contribution in [0.5, 0.6) is 0 Å². The highest BCUT2D eigenvalue weighted by Gasteiger charge is 2.12. The summed E-state index contributed by atoms with van der Waals surface area (Å²) in [4.78, 5) is 16.5. The van der Waals surface area contributed by atoms with Crippen LogP contribution in [0.3, 0.4) is 0 Å². The maximum Gasteiger partial charge on any atom is 0.286 e. The number of halogens is 1. The zero-order valence-corrected chi connectivity index (χ0v) is 13.6. The number of carbonyl (C=O) groups is 1. The molecule has 0 aliphatic heterocycles. The van der Waals surface area contributed by atoms with Gasteiger partial charge >= 0.3 is 0 Å². The predicted octanol–water partition coefficient (Wildman–Crippen LogP) is 2.57. The molecule has 0 spiro atoms. The van der Waals surface area contributed by atoms with Crippen LogP contribution in [0.4, 0.5) is 5.82 Å². The zero-order chi connectivity index (χ0) is 14.8. The number of nitrogens with zero attached hydrogens (tertiary/aromatic N) is 2. The van der Waals surface area contributed by atoms with E-state index in [0.717, 1.165) is 0 Å². The molecule has 5 nitrogen and oxygen atoms in total. The minimum absolute atomic E-state index is 0.272. The molecular formula is C13H12IN3O2S. The van der Waals surface area contributed by atoms with Crippen LogP contribution < -0.4 is 5.73 Å². The molecular weight excluding hydrogens is 389 g/mol. The molecule has 2 N–H and O–H groups in total. The summed E-state index contributed by atoms with van der Waals surface area (Å²) in [7, 11) is -2.77. The fourth-order valence-corrected chi connectivity index (χ4v) is 3.17. The molecule has 1 heterocycles. The van der Waals surface area contributed by atoms with Crippen LogP contribution in [0.2, 0.25) is 0 Å². The Bertz CT molecular complexity index is 768. The van der Waals surface area contributed by atoms with Crippen molar-refractivity contribution in [3.63, 3.8) is 0 Å². The number of pyridine rings is 1. The molecule has 104 valence electrons. The van der Waals surface area contributed by atoms with Gasteiger partial charge in [-0.05, 0) is 40.8 Å². The van der Waals surface area contributed by atoms with E-state index in [9.17, 15) is 9.00 Å². The number of hydrogen-bond donors (Lipinski definition) is 1. The van der Waals surface area contributed by atoms with Gasteiger partial charge in [0, 0.05) is 17.3 Å². The first-order valence-corrected chi connectivity index (χ1v) is 8.63. The van der Waals surface area contributed by atoms with Crippen LogP contribution in [-0.4, -0.2) is 21.4 Å². The van der Waals surface area contributed by atoms with Crippen LogP contribution in [0.25, 0.3) is 0 Å². The molecule has 1 aromatic heterocycles. The van der Waals surface area contributed by atoms with E-state index >= 15 is 0 Å². The Morgan fingerprint density at radius 3 is 2.60 bits per heavy atom. The second-order valence-corrected chi connectivity index (χ2v) is 7.52. The maximum atomic E-state index is 12.5. The van der Waals surface area contributed by atoms with E-state index in [4.69, 9.17) is 5.73 Å². The summed E-state index contributed by atoms with van der Waals surface area (Å²) >= 11 is 1.98. The largest absolute Gasteiger partial charge is 0.383 e. The van der Waals surface area contributed by atoms with Gasteiger partial charge < -0.3 is 5.73 Å². The molecule has 0 aliphatic carbocycles. The molecule has 0 fully saturated rings. The molecule has 7 heteroatoms. The van der Waals surface area contributed by atoms with Gasteiger partial charge in [0.15, 0.2) is 0 Å². The van der Waals surface area contributed by atoms with Gasteiger partial charge in [-0.25, -0.2) is 9.19 Å². The van der Waals surface area contributed by atoms with E-state index in [-0.39, 0.29) is 5.56 Å². The molecule has 1 amide bonds. The first-order valence-electron chi connectivity index (χ1n) is 5.63. The SMILES string of the molecule is CS(=O)(=NC(=O)c1cnc(N)c(I)c1)c1ccccc1. The maximum absolute atomic E-state index is 12.5. The van der Waals surface area contributed by atoms with Crippen LogP contribution in [0.15, 0.2) is 51.9 Å². The minimum atomic E-state index is -2.77. The topological polar surface area (TPSA) is 85.4 Å². The number of nitrogens with two attached hydrogens (primary N) is 1. The third kappa shape index (κ3) is 3.34. The quantitative estimate of drug-likeness (QED) is 0.784. The fraction of sp³-hybridized carbons (Fsp3) is 0.0769. The summed E-state index contributed by atoms with van der Waals surface area (Å²) in [6.45, 7) is 0. The monoisotopic (exact) mass is 401 g/mol. The van der Waals surface area contributed by atoms with Crippen LogP contribution in [-0.2, 0) is 9.73 Å². The second-order valence-electron chi connectivity index (χ2n) is 4.10. The van der Waals surface area contributed by atoms with E-state index in [2.05, 4.69) is 9.35 Å². The van der Waals surface area contributed by atoms with Crippen molar-refractivity contribution in [3.8, 4) is 0 Å². The zero-order valence-electron chi connectivity index (χ0n) is 10.6. The summed E-state index contributed by atoms with van der Waals surface area (Å²) in [6, 6.07) is 10.3. The van der Waals surface area contributed by atoms with E-state index < -0.39 is 15.6 Å². The van der Waals surface area contributed by atoms with E-state index in [1.54, 1.807) is 30.3 Å². The van der Waals surface area contributed by atoms with Gasteiger partial charge in [-0.3, -0.25) is 4.79 Å². The summed E-state index contributed by atoms with van der Waals surface area (Å²) < 4.78 is 17.0. The van der Waals surface area contributed by atoms with Crippen molar-refractivity contribution < 1.29 is 9.00 Å². The Morgan fingerprint density at radius 1 is 1.35 bits per heavy atom. The highest BCUT2D eigenvalue weighted by Crippen LogP contribution is 2.16. The minimum Gasteiger partial charge on any atom is -0.383 e. The molecule has 0 saturated heterocycles. The fourth-order valence-electron chi connectivity index (χ4n) is 1.50. The molecule has 1 atom stereocenters. The smallest absolute Gasteiger partial charge is 0.286 e. The summed E-state index contributed by atoms with van der Waals surface area (Å²) in [5.74, 6) is -0.214. The predicted molar refractivity (Wildman–Crippen MR) is 86.9 cm³/mol. The lowest BCUT2D eigenvalue weighted by atomic mass is 10.3. The molecule has 0 bridgehead atoms. The van der Waals surface area contributed by atoms with Gasteiger partial charge in [0.05, 0.1) is 18.9 Å². The van der Waals surface area contributed by atoms with Crippen molar-refractivity contribution in [2.24, 2.45) is 4.36 Å². The van der Waals surface area contributed by atoms with Crippen molar-refractivity contribution in [2.45, 2.75) is 4.90 Å². The molecule has 0 aliphatic rings. The Labute approximate surface area is 130 Å². The molecule has 1 unspecified atom stereocenters. The highest BCUT2D eigenvalue weighted by molar-refractivity contribution is 14.1. The van der Waals surface area contributed by atoms with Gasteiger partial charge in [-0.2, -0.15) is 4.36 Å². The summed E-state index contributed by atoms with van der Waals surface area (Å²) in [5, 5.41) is 0. The number of nitrogen functional groups attached to an aromatic ring is 1. The number of aromatic nitrogens is 1. The van der Waals surface area contributed by atoms with Gasteiger partial charge in [0.25, 0.3) is 5.91 Å². The van der Waals surface area contributed by atoms with Gasteiger partial charge in [-0.1, -0.05) is 18.2 Å². The molecule has 0 saturated carbocycles. The van der Waals surface area contributed by atoms with E-state index in [0.29, 0.717) is 14.3 Å². The third-order valence-electron chi connectivity index (χ3n) is 2.55. The first-order chi connectivity index (χ1) is 9.40. The Hall–Kier alpha value is -1.48. The van der Waals surface area contributed by atoms with Gasteiger partial charge in [0.2, 0.25) is 0 Å². The normalized spacial score (nSPS) is 13.5. The van der Waals surface area contributed by atoms with Crippen molar-refractivity contribution in [1.82, 2.24) is 4.98 Å². The standard InChI is InChI=1S/C13H12IN3O2S/c1-20(19,10-5-3-2-4-6-10)17-13(18)9-7-11(14)12(15)16-8-9/h2-8H,1H3,(H2,15,16). The number of rotatable bonds is 2. The Balaban J connectivity index is 2.41. The number of anilines is 1. The average molecular weight is 401 g/mol. The molecule has 2 rings (SSSR count). The van der Waals surface area contributed by atoms with Crippen molar-refractivity contribution in [3.05, 3.63) is 51.7 Å². The second kappa shape index (κ2) is 5.88. The lowest BCUT2D eigenvalue weighted by Gasteiger charge is -2.04. The highest BCUT2D eigenvalue weighted by atomic mass is 127. The molecule has 1 aromatic carbocycles. The number of amides is 1. The lowest BCUT2D eigenvalue weighted by Crippen LogP contribution is -2.05. The summed E-state index contributed by atoms with van der Waals surface area (Å²) in [5.41, 5.74) is 5.86. The van der Waals surface area contributed by atoms with Crippen LogP contribution >= 0.6 is 22.6 Å². The number of hydrogen-bond acceptors (Lipinski definition) is 4. The number of benzene rings is 1. The first kappa shape index (κ1) is 14.9.